The van der Waals surface area contributed by atoms with E-state index >= 15 is 0 Å². The van der Waals surface area contributed by atoms with Crippen LogP contribution in [0.15, 0.2) is 23.1 Å². The lowest BCUT2D eigenvalue weighted by Gasteiger charge is -2.07. The average molecular weight is 250 g/mol. The molecule has 0 saturated heterocycles. The van der Waals surface area contributed by atoms with Gasteiger partial charge in [0.05, 0.1) is 0 Å². The number of aryl methyl sites for hydroxylation is 1. The summed E-state index contributed by atoms with van der Waals surface area (Å²) >= 11 is 1.70. The van der Waals surface area contributed by atoms with Gasteiger partial charge in [-0.05, 0) is 37.5 Å². The Balaban J connectivity index is 1.76. The number of benzene rings is 1. The molecule has 2 rings (SSSR count). The van der Waals surface area contributed by atoms with E-state index in [1.54, 1.807) is 11.8 Å². The van der Waals surface area contributed by atoms with Crippen molar-refractivity contribution >= 4 is 23.4 Å². The molecule has 1 aliphatic rings. The Morgan fingerprint density at radius 2 is 2.29 bits per heavy atom. The van der Waals surface area contributed by atoms with Crippen molar-refractivity contribution < 1.29 is 4.79 Å². The lowest BCUT2D eigenvalue weighted by molar-refractivity contribution is -0.120. The maximum atomic E-state index is 11.5. The second kappa shape index (κ2) is 5.45. The van der Waals surface area contributed by atoms with E-state index in [4.69, 9.17) is 5.73 Å². The summed E-state index contributed by atoms with van der Waals surface area (Å²) in [6, 6.07) is 6.35. The summed E-state index contributed by atoms with van der Waals surface area (Å²) in [7, 11) is 0. The van der Waals surface area contributed by atoms with Crippen LogP contribution in [0.3, 0.4) is 0 Å². The van der Waals surface area contributed by atoms with Gasteiger partial charge in [-0.2, -0.15) is 0 Å². The van der Waals surface area contributed by atoms with Crippen LogP contribution >= 0.6 is 11.8 Å². The van der Waals surface area contributed by atoms with E-state index in [2.05, 4.69) is 12.2 Å². The largest absolute Gasteiger partial charge is 0.399 e. The van der Waals surface area contributed by atoms with Gasteiger partial charge in [0.25, 0.3) is 0 Å². The van der Waals surface area contributed by atoms with Crippen LogP contribution < -0.4 is 11.1 Å². The van der Waals surface area contributed by atoms with Crippen LogP contribution in [0.5, 0.6) is 0 Å². The molecule has 0 heterocycles. The van der Waals surface area contributed by atoms with E-state index in [1.807, 2.05) is 18.2 Å². The number of amides is 1. The molecular formula is C13H18N2OS. The first-order valence-electron chi connectivity index (χ1n) is 5.93. The number of thioether (sulfide) groups is 1. The summed E-state index contributed by atoms with van der Waals surface area (Å²) in [5, 5.41) is 2.99. The second-order valence-corrected chi connectivity index (χ2v) is 5.60. The molecule has 1 aromatic rings. The molecule has 0 radical (unpaired) electrons. The smallest absolute Gasteiger partial charge is 0.221 e. The molecule has 0 aromatic heterocycles. The summed E-state index contributed by atoms with van der Waals surface area (Å²) in [6.45, 7) is 2.06. The van der Waals surface area contributed by atoms with Gasteiger partial charge >= 0.3 is 0 Å². The van der Waals surface area contributed by atoms with E-state index in [-0.39, 0.29) is 5.91 Å². The molecule has 1 amide bonds. The molecule has 92 valence electrons. The van der Waals surface area contributed by atoms with Gasteiger partial charge in [-0.1, -0.05) is 6.07 Å². The summed E-state index contributed by atoms with van der Waals surface area (Å²) in [6.07, 6.45) is 2.87. The molecule has 17 heavy (non-hydrogen) atoms. The van der Waals surface area contributed by atoms with E-state index < -0.39 is 0 Å². The van der Waals surface area contributed by atoms with Crippen LogP contribution in [0.2, 0.25) is 0 Å². The molecule has 0 aliphatic heterocycles. The van der Waals surface area contributed by atoms with Gasteiger partial charge < -0.3 is 11.1 Å². The van der Waals surface area contributed by atoms with Crippen molar-refractivity contribution in [1.29, 1.82) is 0 Å². The fraction of sp³-hybridized carbons (Fsp3) is 0.462. The summed E-state index contributed by atoms with van der Waals surface area (Å²) in [5.74, 6) is 0.976. The molecule has 0 spiro atoms. The first-order valence-corrected chi connectivity index (χ1v) is 6.92. The number of rotatable bonds is 5. The zero-order chi connectivity index (χ0) is 12.3. The minimum atomic E-state index is 0.168. The summed E-state index contributed by atoms with van der Waals surface area (Å²) < 4.78 is 0. The van der Waals surface area contributed by atoms with Crippen molar-refractivity contribution in [1.82, 2.24) is 5.32 Å². The first-order chi connectivity index (χ1) is 8.15. The summed E-state index contributed by atoms with van der Waals surface area (Å²) in [4.78, 5) is 12.7. The Morgan fingerprint density at radius 3 is 3.00 bits per heavy atom. The number of nitrogen functional groups attached to an aromatic ring is 1. The molecule has 0 unspecified atom stereocenters. The monoisotopic (exact) mass is 250 g/mol. The van der Waals surface area contributed by atoms with Crippen molar-refractivity contribution in [2.24, 2.45) is 0 Å². The molecule has 1 aliphatic carbocycles. The predicted octanol–water partition coefficient (Wildman–Crippen LogP) is 2.34. The zero-order valence-corrected chi connectivity index (χ0v) is 10.8. The molecule has 3 nitrogen and oxygen atoms in total. The molecule has 4 heteroatoms. The number of hydrogen-bond acceptors (Lipinski definition) is 3. The van der Waals surface area contributed by atoms with Crippen molar-refractivity contribution in [2.75, 3.05) is 11.5 Å². The number of nitrogens with one attached hydrogen (secondary N) is 1. The molecule has 1 saturated carbocycles. The van der Waals surface area contributed by atoms with E-state index in [1.165, 1.54) is 10.5 Å². The maximum Gasteiger partial charge on any atom is 0.221 e. The Morgan fingerprint density at radius 1 is 1.53 bits per heavy atom. The maximum absolute atomic E-state index is 11.5. The van der Waals surface area contributed by atoms with Crippen LogP contribution in [0.1, 0.15) is 24.8 Å². The van der Waals surface area contributed by atoms with Crippen molar-refractivity contribution in [3.05, 3.63) is 23.8 Å². The summed E-state index contributed by atoms with van der Waals surface area (Å²) in [5.41, 5.74) is 7.73. The minimum Gasteiger partial charge on any atom is -0.399 e. The lowest BCUT2D eigenvalue weighted by Crippen LogP contribution is -2.25. The van der Waals surface area contributed by atoms with E-state index in [0.717, 1.165) is 24.3 Å². The highest BCUT2D eigenvalue weighted by atomic mass is 32.2. The highest BCUT2D eigenvalue weighted by Crippen LogP contribution is 2.25. The topological polar surface area (TPSA) is 55.1 Å². The fourth-order valence-corrected chi connectivity index (χ4v) is 2.58. The third kappa shape index (κ3) is 3.97. The second-order valence-electron chi connectivity index (χ2n) is 4.47. The van der Waals surface area contributed by atoms with Crippen molar-refractivity contribution in [3.8, 4) is 0 Å². The molecule has 3 N–H and O–H groups in total. The Labute approximate surface area is 106 Å². The van der Waals surface area contributed by atoms with E-state index in [0.29, 0.717) is 12.5 Å². The quantitative estimate of drug-likeness (QED) is 0.623. The van der Waals surface area contributed by atoms with Crippen LogP contribution in [0.25, 0.3) is 0 Å². The zero-order valence-electron chi connectivity index (χ0n) is 10.0. The predicted molar refractivity (Wildman–Crippen MR) is 72.1 cm³/mol. The highest BCUT2D eigenvalue weighted by Gasteiger charge is 2.22. The number of hydrogen-bond donors (Lipinski definition) is 2. The van der Waals surface area contributed by atoms with Crippen LogP contribution in [-0.4, -0.2) is 17.7 Å². The minimum absolute atomic E-state index is 0.168. The van der Waals surface area contributed by atoms with Gasteiger partial charge in [-0.15, -0.1) is 11.8 Å². The SMILES string of the molecule is Cc1ccc(N)cc1SCCC(=O)NC1CC1. The van der Waals surface area contributed by atoms with E-state index in [9.17, 15) is 4.79 Å². The molecule has 0 atom stereocenters. The number of carbonyl (C=O) groups excluding carboxylic acids is 1. The third-order valence-corrected chi connectivity index (χ3v) is 3.90. The fourth-order valence-electron chi connectivity index (χ4n) is 1.55. The van der Waals surface area contributed by atoms with Gasteiger partial charge in [0.2, 0.25) is 5.91 Å². The molecular weight excluding hydrogens is 232 g/mol. The Kier molecular flexibility index (Phi) is 3.94. The number of anilines is 1. The Bertz CT molecular complexity index is 416. The third-order valence-electron chi connectivity index (χ3n) is 2.74. The van der Waals surface area contributed by atoms with Gasteiger partial charge in [-0.3, -0.25) is 4.79 Å². The van der Waals surface area contributed by atoms with Gasteiger partial charge in [0.1, 0.15) is 0 Å². The van der Waals surface area contributed by atoms with Gasteiger partial charge in [0.15, 0.2) is 0 Å². The van der Waals surface area contributed by atoms with Crippen LogP contribution in [0, 0.1) is 6.92 Å². The standard InChI is InChI=1S/C13H18N2OS/c1-9-2-3-10(14)8-12(9)17-7-6-13(16)15-11-4-5-11/h2-3,8,11H,4-7,14H2,1H3,(H,15,16). The Hall–Kier alpha value is -1.16. The molecule has 1 fully saturated rings. The normalized spacial score (nSPS) is 14.6. The van der Waals surface area contributed by atoms with Crippen molar-refractivity contribution in [3.63, 3.8) is 0 Å². The van der Waals surface area contributed by atoms with Crippen LogP contribution in [0.4, 0.5) is 5.69 Å². The van der Waals surface area contributed by atoms with Crippen molar-refractivity contribution in [2.45, 2.75) is 37.1 Å². The van der Waals surface area contributed by atoms with Gasteiger partial charge in [-0.25, -0.2) is 0 Å². The number of nitrogens with two attached hydrogens (primary N) is 1. The molecule has 1 aromatic carbocycles. The lowest BCUT2D eigenvalue weighted by atomic mass is 10.2. The van der Waals surface area contributed by atoms with Crippen LogP contribution in [-0.2, 0) is 4.79 Å². The first kappa shape index (κ1) is 12.3. The van der Waals surface area contributed by atoms with Gasteiger partial charge in [0, 0.05) is 28.8 Å². The average Bonchev–Trinajstić information content (AvgIpc) is 3.07. The highest BCUT2D eigenvalue weighted by molar-refractivity contribution is 7.99. The number of carbonyl (C=O) groups is 1. The molecule has 0 bridgehead atoms.